The molecule has 0 N–H and O–H groups in total. The molecule has 7 aromatic rings. The van der Waals surface area contributed by atoms with E-state index in [9.17, 15) is 0 Å². The third-order valence-corrected chi connectivity index (χ3v) is 12.7. The highest BCUT2D eigenvalue weighted by molar-refractivity contribution is 7.28. The zero-order valence-electron chi connectivity index (χ0n) is 30.4. The van der Waals surface area contributed by atoms with E-state index >= 15 is 0 Å². The molecule has 47 heavy (non-hydrogen) atoms. The third kappa shape index (κ3) is 3.76. The van der Waals surface area contributed by atoms with Crippen LogP contribution in [-0.4, -0.2) is 0 Å². The molecule has 1 heterocycles. The summed E-state index contributed by atoms with van der Waals surface area (Å²) < 4.78 is 2.98. The lowest BCUT2D eigenvalue weighted by molar-refractivity contribution is 0.584. The lowest BCUT2D eigenvalue weighted by Crippen LogP contribution is -2.18. The van der Waals surface area contributed by atoms with E-state index in [1.54, 1.807) is 11.1 Å². The van der Waals surface area contributed by atoms with E-state index in [1.807, 2.05) is 0 Å². The van der Waals surface area contributed by atoms with Crippen LogP contribution >= 0.6 is 11.3 Å². The number of hydrogen-bond donors (Lipinski definition) is 0. The molecule has 0 amide bonds. The largest absolute Gasteiger partial charge is 0.134 e. The van der Waals surface area contributed by atoms with Gasteiger partial charge < -0.3 is 0 Å². The molecule has 0 aliphatic heterocycles. The molecule has 0 atom stereocenters. The molecule has 0 unspecified atom stereocenters. The number of benzene rings is 4. The van der Waals surface area contributed by atoms with Gasteiger partial charge in [0.15, 0.2) is 0 Å². The average Bonchev–Trinajstić information content (AvgIpc) is 3.59. The van der Waals surface area contributed by atoms with Crippen LogP contribution in [0, 0.1) is 0 Å². The Morgan fingerprint density at radius 3 is 1.09 bits per heavy atom. The molecule has 1 aromatic heterocycles. The normalized spacial score (nSPS) is 15.7. The van der Waals surface area contributed by atoms with Gasteiger partial charge >= 0.3 is 0 Å². The molecular weight excluding hydrogens is 585 g/mol. The summed E-state index contributed by atoms with van der Waals surface area (Å²) in [4.78, 5) is 0. The first-order chi connectivity index (χ1) is 21.9. The highest BCUT2D eigenvalue weighted by Crippen LogP contribution is 2.57. The van der Waals surface area contributed by atoms with Crippen molar-refractivity contribution in [2.75, 3.05) is 0 Å². The van der Waals surface area contributed by atoms with Crippen LogP contribution in [-0.2, 0) is 34.5 Å². The zero-order chi connectivity index (χ0) is 33.3. The quantitative estimate of drug-likeness (QED) is 0.156. The van der Waals surface area contributed by atoms with E-state index < -0.39 is 0 Å². The molecular formula is C46H48S. The van der Waals surface area contributed by atoms with E-state index in [1.165, 1.54) is 96.6 Å². The summed E-state index contributed by atoms with van der Waals surface area (Å²) in [6.45, 7) is 28.8. The maximum absolute atomic E-state index is 2.62. The Morgan fingerprint density at radius 1 is 0.404 bits per heavy atom. The first-order valence-electron chi connectivity index (χ1n) is 17.7. The summed E-state index contributed by atoms with van der Waals surface area (Å²) in [5.41, 5.74) is 12.2. The minimum Gasteiger partial charge on any atom is -0.134 e. The molecule has 2 aliphatic rings. The zero-order valence-corrected chi connectivity index (χ0v) is 31.3. The fraction of sp³-hybridized carbons (Fsp3) is 0.391. The van der Waals surface area contributed by atoms with Gasteiger partial charge in [-0.05, 0) is 136 Å². The standard InChI is InChI=1S/C46H48S/c1-43(2,3)31-19-27-37-29(21-33(45(7,8)9)25-17-13-15-23(31)35(25)37)41-39(27)40-28-20-32(44(4,5)6)24-16-14-18-26-34(46(10,11)12)22-30(42(40)47-41)38(28)36(24)26/h13-14,17-22H,15-16H2,1-12H3. The molecule has 6 aromatic carbocycles. The summed E-state index contributed by atoms with van der Waals surface area (Å²) in [6, 6.07) is 10.4. The Hall–Kier alpha value is -3.42. The number of fused-ring (bicyclic) bond motifs is 7. The van der Waals surface area contributed by atoms with Crippen molar-refractivity contribution < 1.29 is 0 Å². The van der Waals surface area contributed by atoms with Gasteiger partial charge in [-0.3, -0.25) is 0 Å². The van der Waals surface area contributed by atoms with Gasteiger partial charge in [0, 0.05) is 30.9 Å². The van der Waals surface area contributed by atoms with Crippen molar-refractivity contribution in [1.29, 1.82) is 0 Å². The Kier molecular flexibility index (Phi) is 5.55. The summed E-state index contributed by atoms with van der Waals surface area (Å²) in [5, 5.41) is 14.9. The highest BCUT2D eigenvalue weighted by Gasteiger charge is 2.34. The van der Waals surface area contributed by atoms with Crippen LogP contribution in [0.1, 0.15) is 128 Å². The smallest absolute Gasteiger partial charge is 0.0441 e. The van der Waals surface area contributed by atoms with Crippen molar-refractivity contribution in [3.63, 3.8) is 0 Å². The molecule has 0 spiro atoms. The predicted molar refractivity (Wildman–Crippen MR) is 212 cm³/mol. The highest BCUT2D eigenvalue weighted by atomic mass is 32.1. The van der Waals surface area contributed by atoms with Crippen molar-refractivity contribution in [3.05, 3.63) is 80.9 Å². The Morgan fingerprint density at radius 2 is 0.745 bits per heavy atom. The molecule has 238 valence electrons. The minimum absolute atomic E-state index is 0.0507. The van der Waals surface area contributed by atoms with Crippen LogP contribution < -0.4 is 0 Å². The first kappa shape index (κ1) is 29.7. The molecule has 0 saturated carbocycles. The van der Waals surface area contributed by atoms with Crippen LogP contribution in [0.4, 0.5) is 0 Å². The first-order valence-corrected chi connectivity index (χ1v) is 18.6. The number of thiophene rings is 1. The van der Waals surface area contributed by atoms with Gasteiger partial charge in [-0.15, -0.1) is 11.3 Å². The molecule has 2 aliphatic carbocycles. The Labute approximate surface area is 284 Å². The van der Waals surface area contributed by atoms with E-state index in [4.69, 9.17) is 0 Å². The number of allylic oxidation sites excluding steroid dienone is 2. The van der Waals surface area contributed by atoms with Crippen LogP contribution in [0.2, 0.25) is 0 Å². The number of rotatable bonds is 0. The van der Waals surface area contributed by atoms with Gasteiger partial charge in [0.2, 0.25) is 0 Å². The van der Waals surface area contributed by atoms with E-state index in [0.717, 1.165) is 12.8 Å². The second-order valence-corrected chi connectivity index (χ2v) is 19.9. The minimum atomic E-state index is 0.0507. The van der Waals surface area contributed by atoms with Crippen LogP contribution in [0.5, 0.6) is 0 Å². The van der Waals surface area contributed by atoms with E-state index in [-0.39, 0.29) is 21.7 Å². The fourth-order valence-corrected chi connectivity index (χ4v) is 10.8. The molecule has 0 radical (unpaired) electrons. The molecule has 0 saturated heterocycles. The summed E-state index contributed by atoms with van der Waals surface area (Å²) in [5.74, 6) is 0. The second kappa shape index (κ2) is 8.78. The van der Waals surface area contributed by atoms with Crippen molar-refractivity contribution in [2.45, 2.75) is 118 Å². The second-order valence-electron chi connectivity index (χ2n) is 18.9. The third-order valence-electron chi connectivity index (χ3n) is 11.5. The van der Waals surface area contributed by atoms with Gasteiger partial charge in [0.05, 0.1) is 0 Å². The van der Waals surface area contributed by atoms with Crippen molar-refractivity contribution >= 4 is 86.8 Å². The Balaban J connectivity index is 1.59. The molecule has 9 rings (SSSR count). The SMILES string of the molecule is CC(C)(C)c1cc2c3sc4c5cc(C(C)(C)C)c6c7c(c(C(C)(C)C)cc(c75)c4c3c3cc(C(C)(C)C)c4c(c1C=CC4)c23)CC=C6. The summed E-state index contributed by atoms with van der Waals surface area (Å²) in [6.07, 6.45) is 11.7. The van der Waals surface area contributed by atoms with Gasteiger partial charge in [0.1, 0.15) is 0 Å². The van der Waals surface area contributed by atoms with Crippen LogP contribution in [0.3, 0.4) is 0 Å². The van der Waals surface area contributed by atoms with E-state index in [0.29, 0.717) is 0 Å². The van der Waals surface area contributed by atoms with Crippen LogP contribution in [0.25, 0.3) is 75.4 Å². The van der Waals surface area contributed by atoms with Gasteiger partial charge in [-0.1, -0.05) is 107 Å². The molecule has 0 nitrogen and oxygen atoms in total. The molecule has 1 heteroatoms. The number of hydrogen-bond acceptors (Lipinski definition) is 1. The van der Waals surface area contributed by atoms with Gasteiger partial charge in [-0.25, -0.2) is 0 Å². The Bertz CT molecular complexity index is 2390. The topological polar surface area (TPSA) is 0 Å². The predicted octanol–water partition coefficient (Wildman–Crippen LogP) is 13.9. The summed E-state index contributed by atoms with van der Waals surface area (Å²) >= 11 is 2.07. The van der Waals surface area contributed by atoms with Crippen molar-refractivity contribution in [1.82, 2.24) is 0 Å². The summed E-state index contributed by atoms with van der Waals surface area (Å²) in [7, 11) is 0. The molecule has 0 fully saturated rings. The lowest BCUT2D eigenvalue weighted by atomic mass is 9.74. The monoisotopic (exact) mass is 632 g/mol. The lowest BCUT2D eigenvalue weighted by Gasteiger charge is -2.30. The average molecular weight is 633 g/mol. The molecule has 0 bridgehead atoms. The van der Waals surface area contributed by atoms with Crippen molar-refractivity contribution in [2.24, 2.45) is 0 Å². The van der Waals surface area contributed by atoms with Crippen LogP contribution in [0.15, 0.2) is 36.4 Å². The maximum atomic E-state index is 2.62. The van der Waals surface area contributed by atoms with Gasteiger partial charge in [-0.2, -0.15) is 0 Å². The van der Waals surface area contributed by atoms with E-state index in [2.05, 4.69) is 143 Å². The fourth-order valence-electron chi connectivity index (χ4n) is 9.48. The van der Waals surface area contributed by atoms with Crippen molar-refractivity contribution in [3.8, 4) is 0 Å². The maximum Gasteiger partial charge on any atom is 0.0441 e. The van der Waals surface area contributed by atoms with Gasteiger partial charge in [0.25, 0.3) is 0 Å².